The highest BCUT2D eigenvalue weighted by atomic mass is 32.1. The van der Waals surface area contributed by atoms with Gasteiger partial charge in [0.05, 0.1) is 5.01 Å². The van der Waals surface area contributed by atoms with E-state index in [-0.39, 0.29) is 5.91 Å². The normalized spacial score (nSPS) is 15.6. The molecule has 0 atom stereocenters. The first-order chi connectivity index (χ1) is 9.26. The number of carbonyl (C=O) groups is 1. The summed E-state index contributed by atoms with van der Waals surface area (Å²) in [6, 6.07) is 0.352. The summed E-state index contributed by atoms with van der Waals surface area (Å²) in [5.41, 5.74) is 6.07. The van der Waals surface area contributed by atoms with E-state index in [1.165, 1.54) is 24.2 Å². The van der Waals surface area contributed by atoms with E-state index < -0.39 is 0 Å². The van der Waals surface area contributed by atoms with Crippen LogP contribution in [-0.4, -0.2) is 34.9 Å². The van der Waals surface area contributed by atoms with Crippen molar-refractivity contribution >= 4 is 17.2 Å². The summed E-state index contributed by atoms with van der Waals surface area (Å²) >= 11 is 1.52. The highest BCUT2D eigenvalue weighted by Gasteiger charge is 2.27. The van der Waals surface area contributed by atoms with Crippen molar-refractivity contribution in [2.45, 2.75) is 38.1 Å². The number of hydrogen-bond donors (Lipinski definition) is 1. The molecule has 0 unspecified atom stereocenters. The Morgan fingerprint density at radius 1 is 1.58 bits per heavy atom. The topological polar surface area (TPSA) is 59.2 Å². The maximum Gasteiger partial charge on any atom is 0.273 e. The Morgan fingerprint density at radius 2 is 2.32 bits per heavy atom. The smallest absolute Gasteiger partial charge is 0.273 e. The lowest BCUT2D eigenvalue weighted by Crippen LogP contribution is -2.39. The molecule has 1 aliphatic carbocycles. The number of aromatic nitrogens is 1. The van der Waals surface area contributed by atoms with Crippen LogP contribution in [0.4, 0.5) is 0 Å². The van der Waals surface area contributed by atoms with Gasteiger partial charge in [0, 0.05) is 24.4 Å². The van der Waals surface area contributed by atoms with Gasteiger partial charge in [0.15, 0.2) is 0 Å². The summed E-state index contributed by atoms with van der Waals surface area (Å²) in [6.45, 7) is 4.93. The van der Waals surface area contributed by atoms with E-state index in [1.807, 2.05) is 10.3 Å². The number of carbonyl (C=O) groups excluding carboxylic acids is 1. The molecule has 1 aliphatic rings. The van der Waals surface area contributed by atoms with Gasteiger partial charge in [-0.15, -0.1) is 17.9 Å². The first-order valence-electron chi connectivity index (χ1n) is 6.82. The van der Waals surface area contributed by atoms with Crippen molar-refractivity contribution in [3.05, 3.63) is 28.7 Å². The molecule has 1 amide bonds. The van der Waals surface area contributed by atoms with Crippen molar-refractivity contribution in [1.82, 2.24) is 9.88 Å². The van der Waals surface area contributed by atoms with Gasteiger partial charge in [-0.05, 0) is 19.4 Å². The highest BCUT2D eigenvalue weighted by Crippen LogP contribution is 2.25. The fourth-order valence-corrected chi connectivity index (χ4v) is 3.34. The minimum absolute atomic E-state index is 0.0336. The molecule has 0 radical (unpaired) electrons. The van der Waals surface area contributed by atoms with Gasteiger partial charge in [-0.3, -0.25) is 4.79 Å². The van der Waals surface area contributed by atoms with Crippen molar-refractivity contribution < 1.29 is 4.79 Å². The van der Waals surface area contributed by atoms with E-state index in [4.69, 9.17) is 5.73 Å². The lowest BCUT2D eigenvalue weighted by molar-refractivity contribution is 0.0701. The molecule has 1 fully saturated rings. The lowest BCUT2D eigenvalue weighted by Gasteiger charge is -2.27. The van der Waals surface area contributed by atoms with Crippen LogP contribution in [-0.2, 0) is 6.42 Å². The summed E-state index contributed by atoms with van der Waals surface area (Å²) in [5, 5.41) is 2.79. The van der Waals surface area contributed by atoms with Crippen LogP contribution >= 0.6 is 11.3 Å². The van der Waals surface area contributed by atoms with E-state index in [9.17, 15) is 4.79 Å². The van der Waals surface area contributed by atoms with Crippen molar-refractivity contribution in [2.24, 2.45) is 5.73 Å². The van der Waals surface area contributed by atoms with Crippen LogP contribution in [0.15, 0.2) is 18.0 Å². The summed E-state index contributed by atoms with van der Waals surface area (Å²) in [4.78, 5) is 18.8. The number of thiazole rings is 1. The predicted octanol–water partition coefficient (Wildman–Crippen LogP) is 2.22. The molecule has 1 saturated carbocycles. The molecule has 0 bridgehead atoms. The van der Waals surface area contributed by atoms with Crippen molar-refractivity contribution in [3.8, 4) is 0 Å². The summed E-state index contributed by atoms with van der Waals surface area (Å²) in [6.07, 6.45) is 7.15. The average Bonchev–Trinajstić information content (AvgIpc) is 3.06. The molecule has 1 aromatic rings. The SMILES string of the molecule is C=CCN(C(=O)c1csc(CCN)n1)C1CCCC1. The standard InChI is InChI=1S/C14H21N3OS/c1-2-9-17(11-5-3-4-6-11)14(18)12-10-19-13(16-12)7-8-15/h2,10-11H,1,3-9,15H2. The fraction of sp³-hybridized carbons (Fsp3) is 0.571. The first kappa shape index (κ1) is 14.2. The Hall–Kier alpha value is -1.20. The number of nitrogens with two attached hydrogens (primary N) is 1. The quantitative estimate of drug-likeness (QED) is 0.812. The van der Waals surface area contributed by atoms with Crippen molar-refractivity contribution in [2.75, 3.05) is 13.1 Å². The Bertz CT molecular complexity index is 438. The van der Waals surface area contributed by atoms with Crippen LogP contribution in [0.25, 0.3) is 0 Å². The zero-order chi connectivity index (χ0) is 13.7. The van der Waals surface area contributed by atoms with Crippen LogP contribution < -0.4 is 5.73 Å². The van der Waals surface area contributed by atoms with Crippen LogP contribution in [0.2, 0.25) is 0 Å². The molecule has 0 aromatic carbocycles. The molecular formula is C14H21N3OS. The number of nitrogens with zero attached hydrogens (tertiary/aromatic N) is 2. The molecular weight excluding hydrogens is 258 g/mol. The Morgan fingerprint density at radius 3 is 2.95 bits per heavy atom. The Kier molecular flexibility index (Phi) is 5.10. The average molecular weight is 279 g/mol. The number of hydrogen-bond acceptors (Lipinski definition) is 4. The van der Waals surface area contributed by atoms with E-state index in [0.717, 1.165) is 24.3 Å². The molecule has 104 valence electrons. The Labute approximate surface area is 118 Å². The van der Waals surface area contributed by atoms with Crippen molar-refractivity contribution in [1.29, 1.82) is 0 Å². The van der Waals surface area contributed by atoms with Crippen molar-refractivity contribution in [3.63, 3.8) is 0 Å². The highest BCUT2D eigenvalue weighted by molar-refractivity contribution is 7.09. The molecule has 5 heteroatoms. The van der Waals surface area contributed by atoms with Gasteiger partial charge in [0.25, 0.3) is 5.91 Å². The summed E-state index contributed by atoms with van der Waals surface area (Å²) in [7, 11) is 0. The minimum atomic E-state index is 0.0336. The van der Waals surface area contributed by atoms with Crippen LogP contribution in [0.5, 0.6) is 0 Å². The van der Waals surface area contributed by atoms with Gasteiger partial charge in [-0.2, -0.15) is 0 Å². The molecule has 0 spiro atoms. The van der Waals surface area contributed by atoms with Gasteiger partial charge in [-0.1, -0.05) is 18.9 Å². The molecule has 4 nitrogen and oxygen atoms in total. The van der Waals surface area contributed by atoms with E-state index in [2.05, 4.69) is 11.6 Å². The lowest BCUT2D eigenvalue weighted by atomic mass is 10.2. The molecule has 0 aliphatic heterocycles. The largest absolute Gasteiger partial charge is 0.331 e. The van der Waals surface area contributed by atoms with Gasteiger partial charge >= 0.3 is 0 Å². The van der Waals surface area contributed by atoms with Crippen LogP contribution in [0.3, 0.4) is 0 Å². The molecule has 19 heavy (non-hydrogen) atoms. The third kappa shape index (κ3) is 3.42. The second kappa shape index (κ2) is 6.82. The molecule has 1 heterocycles. The van der Waals surface area contributed by atoms with Gasteiger partial charge in [0.2, 0.25) is 0 Å². The van der Waals surface area contributed by atoms with Crippen LogP contribution in [0, 0.1) is 0 Å². The fourth-order valence-electron chi connectivity index (χ4n) is 2.55. The third-order valence-corrected chi connectivity index (χ3v) is 4.39. The molecule has 0 saturated heterocycles. The van der Waals surface area contributed by atoms with E-state index in [1.54, 1.807) is 6.08 Å². The monoisotopic (exact) mass is 279 g/mol. The number of rotatable bonds is 6. The molecule has 1 aromatic heterocycles. The second-order valence-electron chi connectivity index (χ2n) is 4.85. The van der Waals surface area contributed by atoms with Gasteiger partial charge < -0.3 is 10.6 Å². The first-order valence-corrected chi connectivity index (χ1v) is 7.70. The predicted molar refractivity (Wildman–Crippen MR) is 78.4 cm³/mol. The van der Waals surface area contributed by atoms with E-state index >= 15 is 0 Å². The number of amides is 1. The molecule has 2 N–H and O–H groups in total. The van der Waals surface area contributed by atoms with Gasteiger partial charge in [0.1, 0.15) is 5.69 Å². The third-order valence-electron chi connectivity index (χ3n) is 3.48. The summed E-state index contributed by atoms with van der Waals surface area (Å²) in [5.74, 6) is 0.0336. The zero-order valence-corrected chi connectivity index (χ0v) is 12.0. The zero-order valence-electron chi connectivity index (χ0n) is 11.2. The maximum absolute atomic E-state index is 12.5. The maximum atomic E-state index is 12.5. The van der Waals surface area contributed by atoms with E-state index in [0.29, 0.717) is 24.8 Å². The Balaban J connectivity index is 2.10. The minimum Gasteiger partial charge on any atom is -0.331 e. The molecule has 2 rings (SSSR count). The van der Waals surface area contributed by atoms with Crippen LogP contribution in [0.1, 0.15) is 41.2 Å². The summed E-state index contributed by atoms with van der Waals surface area (Å²) < 4.78 is 0. The second-order valence-corrected chi connectivity index (χ2v) is 5.79. The van der Waals surface area contributed by atoms with Gasteiger partial charge in [-0.25, -0.2) is 4.98 Å².